The molecule has 0 spiro atoms. The lowest BCUT2D eigenvalue weighted by Crippen LogP contribution is -2.53. The van der Waals surface area contributed by atoms with Crippen LogP contribution < -0.4 is 5.43 Å². The molecule has 2 aliphatic heterocycles. The normalized spacial score (nSPS) is 27.1. The molecule has 9 nitrogen and oxygen atoms in total. The second kappa shape index (κ2) is 12.1. The van der Waals surface area contributed by atoms with Gasteiger partial charge in [0.25, 0.3) is 11.8 Å². The molecule has 4 aliphatic rings. The molecule has 14 heteroatoms. The molecule has 266 valence electrons. The van der Waals surface area contributed by atoms with Crippen LogP contribution in [0.2, 0.25) is 10.0 Å². The SMILES string of the molecule is CCN1C(=O)C2CC=C3C(CC4C(=O)N(Nc5ncc(C(F)(F)F)cc5Cl)C(=O)C4(c4ccc(Cl)cc4)C3c3c(O)ccc4ccccc34)C2C1=O. The average molecular weight is 750 g/mol. The number of hydrazine groups is 1. The predicted octanol–water partition coefficient (Wildman–Crippen LogP) is 7.27. The fourth-order valence-electron chi connectivity index (χ4n) is 9.06. The molecule has 3 heterocycles. The standard InChI is InChI=1S/C38H29Cl2F3N4O5/c1-2-46-33(49)24-13-12-23-25(29(24)35(46)51)16-26-34(50)47(45-32-27(40)15-20(17-44-32)38(41,42)43)36(52)37(26,19-8-10-21(39)11-9-19)31(23)30-22-6-4-3-5-18(22)7-14-28(30)48/h3-12,14-15,17,24-26,29,31,48H,2,13,16H2,1H3,(H,44,45). The second-order valence-electron chi connectivity index (χ2n) is 13.6. The van der Waals surface area contributed by atoms with Gasteiger partial charge in [-0.15, -0.1) is 0 Å². The van der Waals surface area contributed by atoms with E-state index in [1.54, 1.807) is 49.4 Å². The van der Waals surface area contributed by atoms with E-state index in [1.165, 1.54) is 11.0 Å². The summed E-state index contributed by atoms with van der Waals surface area (Å²) in [4.78, 5) is 62.7. The second-order valence-corrected chi connectivity index (χ2v) is 14.4. The van der Waals surface area contributed by atoms with E-state index in [0.717, 1.165) is 10.4 Å². The molecule has 0 bridgehead atoms. The van der Waals surface area contributed by atoms with E-state index in [4.69, 9.17) is 23.2 Å². The number of alkyl halides is 3. The third-order valence-corrected chi connectivity index (χ3v) is 11.7. The first-order valence-electron chi connectivity index (χ1n) is 16.7. The topological polar surface area (TPSA) is 120 Å². The number of pyridine rings is 1. The Morgan fingerprint density at radius 2 is 1.69 bits per heavy atom. The van der Waals surface area contributed by atoms with Crippen molar-refractivity contribution in [3.8, 4) is 5.75 Å². The molecule has 4 amide bonds. The number of allylic oxidation sites excluding steroid dienone is 2. The summed E-state index contributed by atoms with van der Waals surface area (Å²) in [6.45, 7) is 1.89. The lowest BCUT2D eigenvalue weighted by molar-refractivity contribution is -0.141. The van der Waals surface area contributed by atoms with Crippen molar-refractivity contribution in [1.29, 1.82) is 0 Å². The van der Waals surface area contributed by atoms with Gasteiger partial charge in [0, 0.05) is 29.2 Å². The number of imide groups is 2. The van der Waals surface area contributed by atoms with Gasteiger partial charge in [0.05, 0.1) is 33.8 Å². The maximum Gasteiger partial charge on any atom is 0.417 e. The number of aromatic nitrogens is 1. The van der Waals surface area contributed by atoms with Crippen molar-refractivity contribution < 1.29 is 37.5 Å². The van der Waals surface area contributed by atoms with Crippen LogP contribution in [0.4, 0.5) is 19.0 Å². The molecule has 6 atom stereocenters. The van der Waals surface area contributed by atoms with Gasteiger partial charge in [-0.1, -0.05) is 77.3 Å². The number of halogens is 5. The van der Waals surface area contributed by atoms with Crippen LogP contribution in [-0.4, -0.2) is 50.2 Å². The van der Waals surface area contributed by atoms with Crippen LogP contribution in [0.25, 0.3) is 10.8 Å². The zero-order valence-electron chi connectivity index (χ0n) is 27.3. The zero-order chi connectivity index (χ0) is 36.9. The number of carbonyl (C=O) groups excluding carboxylic acids is 4. The van der Waals surface area contributed by atoms with Crippen LogP contribution in [0.5, 0.6) is 5.75 Å². The first-order chi connectivity index (χ1) is 24.8. The summed E-state index contributed by atoms with van der Waals surface area (Å²) < 4.78 is 40.4. The number of nitrogens with one attached hydrogen (secondary N) is 1. The monoisotopic (exact) mass is 748 g/mol. The molecule has 2 N–H and O–H groups in total. The number of carbonyl (C=O) groups is 4. The van der Waals surface area contributed by atoms with Crippen molar-refractivity contribution in [2.45, 2.75) is 37.3 Å². The third-order valence-electron chi connectivity index (χ3n) is 11.2. The zero-order valence-corrected chi connectivity index (χ0v) is 28.8. The Morgan fingerprint density at radius 1 is 0.962 bits per heavy atom. The Balaban J connectivity index is 1.39. The lowest BCUT2D eigenvalue weighted by atomic mass is 9.48. The van der Waals surface area contributed by atoms with E-state index in [2.05, 4.69) is 10.4 Å². The summed E-state index contributed by atoms with van der Waals surface area (Å²) in [6.07, 6.45) is -2.15. The average Bonchev–Trinajstić information content (AvgIpc) is 3.49. The molecular weight excluding hydrogens is 720 g/mol. The number of phenols is 1. The molecule has 4 aromatic rings. The minimum absolute atomic E-state index is 0.0227. The summed E-state index contributed by atoms with van der Waals surface area (Å²) in [5, 5.41) is 13.7. The van der Waals surface area contributed by atoms with E-state index in [9.17, 15) is 32.7 Å². The van der Waals surface area contributed by atoms with Crippen molar-refractivity contribution in [3.63, 3.8) is 0 Å². The number of nitrogens with zero attached hydrogens (tertiary/aromatic N) is 3. The number of hydrogen-bond acceptors (Lipinski definition) is 7. The number of hydrogen-bond donors (Lipinski definition) is 2. The lowest BCUT2D eigenvalue weighted by Gasteiger charge is -2.51. The molecule has 1 saturated carbocycles. The van der Waals surface area contributed by atoms with Crippen molar-refractivity contribution in [3.05, 3.63) is 111 Å². The Hall–Kier alpha value is -4.94. The van der Waals surface area contributed by atoms with Gasteiger partial charge in [-0.05, 0) is 66.3 Å². The number of likely N-dealkylation sites (tertiary alicyclic amines) is 1. The Morgan fingerprint density at radius 3 is 2.38 bits per heavy atom. The van der Waals surface area contributed by atoms with Gasteiger partial charge in [0.15, 0.2) is 5.82 Å². The largest absolute Gasteiger partial charge is 0.508 e. The van der Waals surface area contributed by atoms with E-state index < -0.39 is 63.6 Å². The number of fused-ring (bicyclic) bond motifs is 5. The molecular formula is C38H29Cl2F3N4O5. The molecule has 3 aromatic carbocycles. The van der Waals surface area contributed by atoms with E-state index >= 15 is 4.79 Å². The molecule has 8 rings (SSSR count). The maximum absolute atomic E-state index is 15.4. The predicted molar refractivity (Wildman–Crippen MR) is 185 cm³/mol. The Labute approximate surface area is 305 Å². The molecule has 2 aliphatic carbocycles. The number of phenolic OH excluding ortho intramolecular Hbond substituents is 1. The molecule has 1 aromatic heterocycles. The van der Waals surface area contributed by atoms with Gasteiger partial charge in [-0.3, -0.25) is 29.5 Å². The van der Waals surface area contributed by atoms with Crippen LogP contribution in [0.1, 0.15) is 42.4 Å². The van der Waals surface area contributed by atoms with Crippen LogP contribution in [0.3, 0.4) is 0 Å². The van der Waals surface area contributed by atoms with Crippen molar-refractivity contribution in [2.75, 3.05) is 12.0 Å². The summed E-state index contributed by atoms with van der Waals surface area (Å²) in [5.41, 5.74) is 1.09. The maximum atomic E-state index is 15.4. The third kappa shape index (κ3) is 4.80. The van der Waals surface area contributed by atoms with Gasteiger partial charge in [-0.2, -0.15) is 18.2 Å². The fourth-order valence-corrected chi connectivity index (χ4v) is 9.40. The molecule has 52 heavy (non-hydrogen) atoms. The minimum Gasteiger partial charge on any atom is -0.508 e. The van der Waals surface area contributed by atoms with Crippen molar-refractivity contribution >= 4 is 63.4 Å². The van der Waals surface area contributed by atoms with Crippen LogP contribution in [0.15, 0.2) is 84.6 Å². The van der Waals surface area contributed by atoms with E-state index in [-0.39, 0.29) is 42.8 Å². The molecule has 2 saturated heterocycles. The van der Waals surface area contributed by atoms with Gasteiger partial charge >= 0.3 is 6.18 Å². The van der Waals surface area contributed by atoms with Crippen LogP contribution >= 0.6 is 23.2 Å². The van der Waals surface area contributed by atoms with Crippen molar-refractivity contribution in [1.82, 2.24) is 14.9 Å². The first kappa shape index (κ1) is 34.2. The van der Waals surface area contributed by atoms with E-state index in [1.807, 2.05) is 18.2 Å². The van der Waals surface area contributed by atoms with Gasteiger partial charge < -0.3 is 5.11 Å². The number of rotatable bonds is 5. The Kier molecular flexibility index (Phi) is 7.92. The van der Waals surface area contributed by atoms with Crippen LogP contribution in [-0.2, 0) is 30.8 Å². The summed E-state index contributed by atoms with van der Waals surface area (Å²) >= 11 is 12.6. The smallest absolute Gasteiger partial charge is 0.417 e. The van der Waals surface area contributed by atoms with Gasteiger partial charge in [-0.25, -0.2) is 4.98 Å². The number of amides is 4. The Bertz CT molecular complexity index is 2250. The number of aromatic hydroxyl groups is 1. The summed E-state index contributed by atoms with van der Waals surface area (Å²) in [5.74, 6) is -7.09. The molecule has 0 radical (unpaired) electrons. The fraction of sp³-hybridized carbons (Fsp3) is 0.289. The van der Waals surface area contributed by atoms with Gasteiger partial charge in [0.2, 0.25) is 11.8 Å². The highest BCUT2D eigenvalue weighted by molar-refractivity contribution is 6.33. The molecule has 6 unspecified atom stereocenters. The first-order valence-corrected chi connectivity index (χ1v) is 17.4. The van der Waals surface area contributed by atoms with Gasteiger partial charge in [0.1, 0.15) is 5.75 Å². The minimum atomic E-state index is -4.75. The number of anilines is 1. The number of benzene rings is 3. The molecule has 3 fully saturated rings. The highest BCUT2D eigenvalue weighted by Crippen LogP contribution is 2.65. The summed E-state index contributed by atoms with van der Waals surface area (Å²) in [6, 6.07) is 17.6. The highest BCUT2D eigenvalue weighted by Gasteiger charge is 2.70. The summed E-state index contributed by atoms with van der Waals surface area (Å²) in [7, 11) is 0. The highest BCUT2D eigenvalue weighted by atomic mass is 35.5. The van der Waals surface area contributed by atoms with Crippen LogP contribution in [0, 0.1) is 23.7 Å². The quantitative estimate of drug-likeness (QED) is 0.163. The van der Waals surface area contributed by atoms with Crippen molar-refractivity contribution in [2.24, 2.45) is 23.7 Å². The van der Waals surface area contributed by atoms with E-state index in [0.29, 0.717) is 39.4 Å².